The summed E-state index contributed by atoms with van der Waals surface area (Å²) in [5, 5.41) is 5.93. The Balaban J connectivity index is 1.76. The molecule has 1 heterocycles. The van der Waals surface area contributed by atoms with Crippen molar-refractivity contribution in [3.8, 4) is 16.3 Å². The molecule has 0 aliphatic heterocycles. The van der Waals surface area contributed by atoms with Gasteiger partial charge in [0.2, 0.25) is 0 Å². The molecule has 0 radical (unpaired) electrons. The molecule has 1 aromatic heterocycles. The van der Waals surface area contributed by atoms with E-state index in [-0.39, 0.29) is 5.91 Å². The Kier molecular flexibility index (Phi) is 5.68. The van der Waals surface area contributed by atoms with Gasteiger partial charge in [0.1, 0.15) is 10.8 Å². The van der Waals surface area contributed by atoms with Gasteiger partial charge in [0.05, 0.1) is 12.3 Å². The molecule has 0 saturated carbocycles. The maximum absolute atomic E-state index is 12.6. The lowest BCUT2D eigenvalue weighted by Gasteiger charge is -2.13. The first-order valence-electron chi connectivity index (χ1n) is 8.64. The fraction of sp³-hybridized carbons (Fsp3) is 0.238. The van der Waals surface area contributed by atoms with E-state index < -0.39 is 0 Å². The molecule has 1 amide bonds. The van der Waals surface area contributed by atoms with Crippen LogP contribution in [-0.2, 0) is 0 Å². The van der Waals surface area contributed by atoms with Crippen LogP contribution in [0, 0.1) is 13.8 Å². The van der Waals surface area contributed by atoms with Crippen LogP contribution in [0.15, 0.2) is 47.8 Å². The molecule has 134 valence electrons. The number of hydrogen-bond acceptors (Lipinski definition) is 4. The van der Waals surface area contributed by atoms with Gasteiger partial charge in [-0.05, 0) is 50.1 Å². The van der Waals surface area contributed by atoms with Crippen LogP contribution in [0.25, 0.3) is 10.6 Å². The second kappa shape index (κ2) is 8.15. The minimum atomic E-state index is -0.155. The standard InChI is InChI=1S/C21H22N2O2S/c1-4-11-25-19-12-14(2)5-10-18(19)23-20(24)16-6-8-17(9-7-16)21-22-15(3)13-26-21/h5-10,12-13H,4,11H2,1-3H3,(H,23,24). The minimum Gasteiger partial charge on any atom is -0.491 e. The number of hydrogen-bond donors (Lipinski definition) is 1. The molecule has 26 heavy (non-hydrogen) atoms. The van der Waals surface area contributed by atoms with E-state index in [1.807, 2.05) is 61.7 Å². The lowest BCUT2D eigenvalue weighted by molar-refractivity contribution is 0.102. The first kappa shape index (κ1) is 18.1. The van der Waals surface area contributed by atoms with Crippen molar-refractivity contribution in [2.45, 2.75) is 27.2 Å². The van der Waals surface area contributed by atoms with Gasteiger partial charge in [0, 0.05) is 22.2 Å². The Morgan fingerprint density at radius 2 is 1.92 bits per heavy atom. The summed E-state index contributed by atoms with van der Waals surface area (Å²) in [6.07, 6.45) is 0.916. The number of ether oxygens (including phenoxy) is 1. The number of carbonyl (C=O) groups is 1. The van der Waals surface area contributed by atoms with Gasteiger partial charge >= 0.3 is 0 Å². The Hall–Kier alpha value is -2.66. The number of nitrogens with zero attached hydrogens (tertiary/aromatic N) is 1. The third-order valence-corrected chi connectivity index (χ3v) is 4.87. The molecule has 0 spiro atoms. The summed E-state index contributed by atoms with van der Waals surface area (Å²) < 4.78 is 5.76. The van der Waals surface area contributed by atoms with Crippen molar-refractivity contribution in [3.63, 3.8) is 0 Å². The highest BCUT2D eigenvalue weighted by Gasteiger charge is 2.11. The topological polar surface area (TPSA) is 51.2 Å². The Bertz CT molecular complexity index is 901. The molecule has 0 unspecified atom stereocenters. The van der Waals surface area contributed by atoms with Crippen molar-refractivity contribution < 1.29 is 9.53 Å². The summed E-state index contributed by atoms with van der Waals surface area (Å²) in [6.45, 7) is 6.65. The average molecular weight is 366 g/mol. The highest BCUT2D eigenvalue weighted by atomic mass is 32.1. The zero-order valence-electron chi connectivity index (χ0n) is 15.2. The largest absolute Gasteiger partial charge is 0.491 e. The molecule has 5 heteroatoms. The van der Waals surface area contributed by atoms with Gasteiger partial charge in [-0.15, -0.1) is 11.3 Å². The number of amides is 1. The van der Waals surface area contributed by atoms with Gasteiger partial charge in [0.15, 0.2) is 0 Å². The lowest BCUT2D eigenvalue weighted by atomic mass is 10.1. The van der Waals surface area contributed by atoms with Crippen molar-refractivity contribution in [1.29, 1.82) is 0 Å². The van der Waals surface area contributed by atoms with Gasteiger partial charge in [-0.1, -0.05) is 25.1 Å². The SMILES string of the molecule is CCCOc1cc(C)ccc1NC(=O)c1ccc(-c2nc(C)cs2)cc1. The summed E-state index contributed by atoms with van der Waals surface area (Å²) in [4.78, 5) is 17.1. The van der Waals surface area contributed by atoms with E-state index in [2.05, 4.69) is 17.2 Å². The van der Waals surface area contributed by atoms with Crippen molar-refractivity contribution in [1.82, 2.24) is 4.98 Å². The van der Waals surface area contributed by atoms with Crippen LogP contribution >= 0.6 is 11.3 Å². The zero-order valence-corrected chi connectivity index (χ0v) is 16.0. The van der Waals surface area contributed by atoms with Crippen LogP contribution in [0.5, 0.6) is 5.75 Å². The van der Waals surface area contributed by atoms with Crippen molar-refractivity contribution in [2.24, 2.45) is 0 Å². The van der Waals surface area contributed by atoms with Crippen LogP contribution in [0.2, 0.25) is 0 Å². The number of aromatic nitrogens is 1. The van der Waals surface area contributed by atoms with Crippen molar-refractivity contribution in [3.05, 3.63) is 64.7 Å². The monoisotopic (exact) mass is 366 g/mol. The van der Waals surface area contributed by atoms with Gasteiger partial charge in [-0.3, -0.25) is 4.79 Å². The van der Waals surface area contributed by atoms with Crippen LogP contribution < -0.4 is 10.1 Å². The van der Waals surface area contributed by atoms with Crippen LogP contribution in [0.4, 0.5) is 5.69 Å². The van der Waals surface area contributed by atoms with E-state index in [9.17, 15) is 4.79 Å². The number of aryl methyl sites for hydroxylation is 2. The summed E-state index contributed by atoms with van der Waals surface area (Å²) in [7, 11) is 0. The lowest BCUT2D eigenvalue weighted by Crippen LogP contribution is -2.13. The minimum absolute atomic E-state index is 0.155. The number of nitrogens with one attached hydrogen (secondary N) is 1. The molecule has 0 fully saturated rings. The fourth-order valence-corrected chi connectivity index (χ4v) is 3.31. The third kappa shape index (κ3) is 4.29. The predicted octanol–water partition coefficient (Wildman–Crippen LogP) is 5.47. The van der Waals surface area contributed by atoms with E-state index in [0.29, 0.717) is 23.6 Å². The first-order chi connectivity index (χ1) is 12.6. The molecule has 0 aliphatic carbocycles. The number of carbonyl (C=O) groups excluding carboxylic acids is 1. The highest BCUT2D eigenvalue weighted by Crippen LogP contribution is 2.27. The molecule has 1 N–H and O–H groups in total. The van der Waals surface area contributed by atoms with Gasteiger partial charge in [-0.2, -0.15) is 0 Å². The van der Waals surface area contributed by atoms with Crippen LogP contribution in [0.3, 0.4) is 0 Å². The molecular formula is C21H22N2O2S. The summed E-state index contributed by atoms with van der Waals surface area (Å²) >= 11 is 1.60. The Morgan fingerprint density at radius 3 is 2.58 bits per heavy atom. The first-order valence-corrected chi connectivity index (χ1v) is 9.52. The second-order valence-electron chi connectivity index (χ2n) is 6.17. The number of rotatable bonds is 6. The smallest absolute Gasteiger partial charge is 0.255 e. The zero-order chi connectivity index (χ0) is 18.5. The summed E-state index contributed by atoms with van der Waals surface area (Å²) in [6, 6.07) is 13.3. The van der Waals surface area contributed by atoms with E-state index in [4.69, 9.17) is 4.74 Å². The maximum atomic E-state index is 12.6. The molecule has 3 aromatic rings. The quantitative estimate of drug-likeness (QED) is 0.629. The highest BCUT2D eigenvalue weighted by molar-refractivity contribution is 7.13. The van der Waals surface area contributed by atoms with Crippen molar-refractivity contribution in [2.75, 3.05) is 11.9 Å². The molecule has 0 aliphatic rings. The fourth-order valence-electron chi connectivity index (χ4n) is 2.51. The predicted molar refractivity (Wildman–Crippen MR) is 107 cm³/mol. The van der Waals surface area contributed by atoms with Gasteiger partial charge in [0.25, 0.3) is 5.91 Å². The van der Waals surface area contributed by atoms with Crippen LogP contribution in [-0.4, -0.2) is 17.5 Å². The molecule has 0 saturated heterocycles. The molecular weight excluding hydrogens is 344 g/mol. The molecule has 2 aromatic carbocycles. The van der Waals surface area contributed by atoms with E-state index in [1.54, 1.807) is 11.3 Å². The molecule has 3 rings (SSSR count). The summed E-state index contributed by atoms with van der Waals surface area (Å²) in [5.74, 6) is 0.548. The third-order valence-electron chi connectivity index (χ3n) is 3.86. The van der Waals surface area contributed by atoms with E-state index in [0.717, 1.165) is 28.2 Å². The number of thiazole rings is 1. The molecule has 0 atom stereocenters. The Labute approximate surface area is 157 Å². The average Bonchev–Trinajstić information content (AvgIpc) is 3.08. The summed E-state index contributed by atoms with van der Waals surface area (Å²) in [5.41, 5.74) is 4.41. The van der Waals surface area contributed by atoms with Crippen LogP contribution in [0.1, 0.15) is 35.0 Å². The van der Waals surface area contributed by atoms with Gasteiger partial charge < -0.3 is 10.1 Å². The molecule has 0 bridgehead atoms. The van der Waals surface area contributed by atoms with Crippen molar-refractivity contribution >= 4 is 22.9 Å². The maximum Gasteiger partial charge on any atom is 0.255 e. The van der Waals surface area contributed by atoms with E-state index in [1.165, 1.54) is 0 Å². The second-order valence-corrected chi connectivity index (χ2v) is 7.03. The molecule has 4 nitrogen and oxygen atoms in total. The number of benzene rings is 2. The Morgan fingerprint density at radius 1 is 1.15 bits per heavy atom. The number of anilines is 1. The van der Waals surface area contributed by atoms with E-state index >= 15 is 0 Å². The normalized spacial score (nSPS) is 10.6. The van der Waals surface area contributed by atoms with Gasteiger partial charge in [-0.25, -0.2) is 4.98 Å².